The molecule has 2 heteroatoms. The average Bonchev–Trinajstić information content (AvgIpc) is 2.39. The first kappa shape index (κ1) is 10.7. The van der Waals surface area contributed by atoms with Gasteiger partial charge >= 0.3 is 0 Å². The van der Waals surface area contributed by atoms with Crippen LogP contribution < -0.4 is 9.47 Å². The zero-order valence-electron chi connectivity index (χ0n) is 10.2. The Balaban J connectivity index is 1.98. The van der Waals surface area contributed by atoms with Crippen molar-refractivity contribution >= 4 is 6.08 Å². The molecule has 3 rings (SSSR count). The smallest absolute Gasteiger partial charge is 0.169 e. The molecule has 90 valence electrons. The number of para-hydroxylation sites is 1. The molecule has 2 nitrogen and oxygen atoms in total. The highest BCUT2D eigenvalue weighted by Gasteiger charge is 2.35. The molecule has 0 saturated heterocycles. The van der Waals surface area contributed by atoms with E-state index in [-0.39, 0.29) is 5.60 Å². The molecule has 1 fully saturated rings. The van der Waals surface area contributed by atoms with E-state index in [0.717, 1.165) is 29.9 Å². The number of hydrogen-bond donors (Lipinski definition) is 0. The Morgan fingerprint density at radius 2 is 2.00 bits per heavy atom. The number of fused-ring (bicyclic) bond motifs is 1. The minimum atomic E-state index is -0.0696. The highest BCUT2D eigenvalue weighted by molar-refractivity contribution is 5.65. The van der Waals surface area contributed by atoms with Gasteiger partial charge < -0.3 is 9.47 Å². The lowest BCUT2D eigenvalue weighted by molar-refractivity contribution is 0.0719. The van der Waals surface area contributed by atoms with Crippen molar-refractivity contribution in [2.24, 2.45) is 0 Å². The van der Waals surface area contributed by atoms with Crippen LogP contribution in [-0.4, -0.2) is 12.7 Å². The number of ether oxygens (including phenoxy) is 2. The Morgan fingerprint density at radius 1 is 1.18 bits per heavy atom. The first-order valence-corrected chi connectivity index (χ1v) is 6.38. The lowest BCUT2D eigenvalue weighted by atomic mass is 9.83. The molecule has 0 unspecified atom stereocenters. The van der Waals surface area contributed by atoms with Crippen molar-refractivity contribution in [2.75, 3.05) is 7.11 Å². The van der Waals surface area contributed by atoms with Crippen LogP contribution in [0.3, 0.4) is 0 Å². The van der Waals surface area contributed by atoms with Gasteiger partial charge in [-0.25, -0.2) is 0 Å². The summed E-state index contributed by atoms with van der Waals surface area (Å²) in [5.74, 6) is 1.76. The van der Waals surface area contributed by atoms with E-state index in [1.807, 2.05) is 12.1 Å². The van der Waals surface area contributed by atoms with Gasteiger partial charge in [0.2, 0.25) is 0 Å². The van der Waals surface area contributed by atoms with Crippen LogP contribution >= 0.6 is 0 Å². The first-order chi connectivity index (χ1) is 8.33. The summed E-state index contributed by atoms with van der Waals surface area (Å²) in [6, 6.07) is 6.04. The van der Waals surface area contributed by atoms with Gasteiger partial charge in [-0.3, -0.25) is 0 Å². The van der Waals surface area contributed by atoms with Gasteiger partial charge in [0, 0.05) is 5.56 Å². The van der Waals surface area contributed by atoms with Crippen LogP contribution in [0.2, 0.25) is 0 Å². The monoisotopic (exact) mass is 230 g/mol. The molecular weight excluding hydrogens is 212 g/mol. The van der Waals surface area contributed by atoms with E-state index < -0.39 is 0 Å². The first-order valence-electron chi connectivity index (χ1n) is 6.38. The Bertz CT molecular complexity index is 442. The van der Waals surface area contributed by atoms with Gasteiger partial charge in [0.25, 0.3) is 0 Å². The molecule has 0 amide bonds. The summed E-state index contributed by atoms with van der Waals surface area (Å²) >= 11 is 0. The third-order valence-corrected chi connectivity index (χ3v) is 3.80. The lowest BCUT2D eigenvalue weighted by Crippen LogP contribution is -2.37. The number of rotatable bonds is 1. The summed E-state index contributed by atoms with van der Waals surface area (Å²) in [6.07, 6.45) is 10.5. The summed E-state index contributed by atoms with van der Waals surface area (Å²) in [4.78, 5) is 0. The largest absolute Gasteiger partial charge is 0.493 e. The Kier molecular flexibility index (Phi) is 2.58. The zero-order chi connectivity index (χ0) is 11.7. The minimum Gasteiger partial charge on any atom is -0.493 e. The molecule has 1 aliphatic heterocycles. The van der Waals surface area contributed by atoms with Gasteiger partial charge in [-0.15, -0.1) is 0 Å². The Morgan fingerprint density at radius 3 is 2.76 bits per heavy atom. The van der Waals surface area contributed by atoms with Gasteiger partial charge in [0.05, 0.1) is 7.11 Å². The van der Waals surface area contributed by atoms with Gasteiger partial charge in [-0.1, -0.05) is 24.6 Å². The maximum Gasteiger partial charge on any atom is 0.169 e. The van der Waals surface area contributed by atoms with E-state index in [2.05, 4.69) is 18.2 Å². The molecule has 0 bridgehead atoms. The molecule has 1 aromatic rings. The molecule has 0 atom stereocenters. The topological polar surface area (TPSA) is 18.5 Å². The number of benzene rings is 1. The van der Waals surface area contributed by atoms with Gasteiger partial charge in [0.1, 0.15) is 5.60 Å². The second-order valence-corrected chi connectivity index (χ2v) is 4.94. The second-order valence-electron chi connectivity index (χ2n) is 4.94. The highest BCUT2D eigenvalue weighted by atomic mass is 16.5. The third-order valence-electron chi connectivity index (χ3n) is 3.80. The van der Waals surface area contributed by atoms with Crippen molar-refractivity contribution in [1.29, 1.82) is 0 Å². The average molecular weight is 230 g/mol. The fourth-order valence-corrected chi connectivity index (χ4v) is 2.83. The van der Waals surface area contributed by atoms with E-state index in [1.54, 1.807) is 7.11 Å². The fourth-order valence-electron chi connectivity index (χ4n) is 2.83. The van der Waals surface area contributed by atoms with Crippen molar-refractivity contribution in [3.63, 3.8) is 0 Å². The predicted molar refractivity (Wildman–Crippen MR) is 68.5 cm³/mol. The summed E-state index contributed by atoms with van der Waals surface area (Å²) in [5.41, 5.74) is 1.06. The molecule has 1 spiro atoms. The Labute approximate surface area is 102 Å². The quantitative estimate of drug-likeness (QED) is 0.730. The SMILES string of the molecule is COc1cccc2c1OC1(C=C2)CCCCC1. The van der Waals surface area contributed by atoms with Crippen molar-refractivity contribution < 1.29 is 9.47 Å². The standard InChI is InChI=1S/C15H18O2/c1-16-13-7-5-6-12-8-11-15(17-14(12)13)9-3-2-4-10-15/h5-8,11H,2-4,9-10H2,1H3. The zero-order valence-corrected chi connectivity index (χ0v) is 10.2. The van der Waals surface area contributed by atoms with Crippen molar-refractivity contribution in [3.05, 3.63) is 29.8 Å². The summed E-state index contributed by atoms with van der Waals surface area (Å²) in [5, 5.41) is 0. The lowest BCUT2D eigenvalue weighted by Gasteiger charge is -2.38. The van der Waals surface area contributed by atoms with Crippen LogP contribution in [0, 0.1) is 0 Å². The summed E-state index contributed by atoms with van der Waals surface area (Å²) in [6.45, 7) is 0. The number of methoxy groups -OCH3 is 1. The van der Waals surface area contributed by atoms with Crippen LogP contribution in [0.25, 0.3) is 6.08 Å². The van der Waals surface area contributed by atoms with Gasteiger partial charge in [0.15, 0.2) is 11.5 Å². The number of hydrogen-bond acceptors (Lipinski definition) is 2. The molecule has 17 heavy (non-hydrogen) atoms. The maximum atomic E-state index is 6.27. The van der Waals surface area contributed by atoms with E-state index in [9.17, 15) is 0 Å². The molecule has 0 radical (unpaired) electrons. The highest BCUT2D eigenvalue weighted by Crippen LogP contribution is 2.43. The molecule has 0 N–H and O–H groups in total. The molecule has 1 saturated carbocycles. The van der Waals surface area contributed by atoms with Crippen LogP contribution in [0.4, 0.5) is 0 Å². The predicted octanol–water partition coefficient (Wildman–Crippen LogP) is 3.80. The van der Waals surface area contributed by atoms with Crippen molar-refractivity contribution in [2.45, 2.75) is 37.7 Å². The van der Waals surface area contributed by atoms with Crippen LogP contribution in [0.1, 0.15) is 37.7 Å². The van der Waals surface area contributed by atoms with Crippen LogP contribution in [-0.2, 0) is 0 Å². The molecule has 1 aromatic carbocycles. The Hall–Kier alpha value is -1.44. The third kappa shape index (κ3) is 1.82. The van der Waals surface area contributed by atoms with E-state index in [1.165, 1.54) is 19.3 Å². The maximum absolute atomic E-state index is 6.27. The molecule has 1 heterocycles. The van der Waals surface area contributed by atoms with E-state index in [0.29, 0.717) is 0 Å². The van der Waals surface area contributed by atoms with Gasteiger partial charge in [-0.2, -0.15) is 0 Å². The second kappa shape index (κ2) is 4.10. The molecule has 0 aromatic heterocycles. The fraction of sp³-hybridized carbons (Fsp3) is 0.467. The minimum absolute atomic E-state index is 0.0696. The van der Waals surface area contributed by atoms with Crippen LogP contribution in [0.5, 0.6) is 11.5 Å². The van der Waals surface area contributed by atoms with Crippen molar-refractivity contribution in [3.8, 4) is 11.5 Å². The molecular formula is C15H18O2. The molecule has 2 aliphatic rings. The molecule has 1 aliphatic carbocycles. The normalized spacial score (nSPS) is 20.8. The summed E-state index contributed by atoms with van der Waals surface area (Å²) < 4.78 is 11.7. The summed E-state index contributed by atoms with van der Waals surface area (Å²) in [7, 11) is 1.70. The van der Waals surface area contributed by atoms with Gasteiger partial charge in [-0.05, 0) is 37.8 Å². The van der Waals surface area contributed by atoms with E-state index in [4.69, 9.17) is 9.47 Å². The van der Waals surface area contributed by atoms with E-state index >= 15 is 0 Å². The van der Waals surface area contributed by atoms with Crippen LogP contribution in [0.15, 0.2) is 24.3 Å². The van der Waals surface area contributed by atoms with Crippen molar-refractivity contribution in [1.82, 2.24) is 0 Å².